The Hall–Kier alpha value is -4.19. The Kier molecular flexibility index (Phi) is 10.1. The van der Waals surface area contributed by atoms with Gasteiger partial charge in [0.05, 0.1) is 12.3 Å². The van der Waals surface area contributed by atoms with Crippen molar-refractivity contribution in [2.45, 2.75) is 44.7 Å². The second kappa shape index (κ2) is 13.9. The van der Waals surface area contributed by atoms with Gasteiger partial charge in [-0.1, -0.05) is 30.3 Å². The maximum absolute atomic E-state index is 13.6. The van der Waals surface area contributed by atoms with Crippen LogP contribution < -0.4 is 16.0 Å². The first kappa shape index (κ1) is 29.8. The van der Waals surface area contributed by atoms with Crippen molar-refractivity contribution >= 4 is 29.6 Å². The van der Waals surface area contributed by atoms with Crippen LogP contribution in [0.2, 0.25) is 0 Å². The molecule has 2 aliphatic rings. The number of benzene rings is 1. The van der Waals surface area contributed by atoms with Gasteiger partial charge in [-0.3, -0.25) is 14.4 Å². The highest BCUT2D eigenvalue weighted by Crippen LogP contribution is 2.26. The summed E-state index contributed by atoms with van der Waals surface area (Å²) < 4.78 is 5.04. The molecule has 4 N–H and O–H groups in total. The van der Waals surface area contributed by atoms with Crippen molar-refractivity contribution in [3.63, 3.8) is 0 Å². The first-order valence-corrected chi connectivity index (χ1v) is 14.1. The molecule has 3 amide bonds. The molecule has 1 aromatic carbocycles. The van der Waals surface area contributed by atoms with E-state index in [4.69, 9.17) is 10.5 Å². The number of nitrogens with zero attached hydrogens (tertiary/aromatic N) is 4. The summed E-state index contributed by atoms with van der Waals surface area (Å²) in [6.07, 6.45) is 0.856. The van der Waals surface area contributed by atoms with Crippen molar-refractivity contribution in [1.29, 1.82) is 0 Å². The summed E-state index contributed by atoms with van der Waals surface area (Å²) in [6, 6.07) is 12.2. The molecule has 0 spiro atoms. The number of ether oxygens (including phenoxy) is 1. The van der Waals surface area contributed by atoms with Crippen molar-refractivity contribution in [1.82, 2.24) is 20.1 Å². The van der Waals surface area contributed by atoms with Gasteiger partial charge in [0.1, 0.15) is 11.7 Å². The lowest BCUT2D eigenvalue weighted by molar-refractivity contribution is -0.138. The molecule has 12 nitrogen and oxygen atoms in total. The van der Waals surface area contributed by atoms with Crippen LogP contribution >= 0.6 is 0 Å². The zero-order chi connectivity index (χ0) is 29.4. The largest absolute Gasteiger partial charge is 0.481 e. The number of nitrogens with two attached hydrogens (primary N) is 1. The summed E-state index contributed by atoms with van der Waals surface area (Å²) in [4.78, 5) is 60.3. The van der Waals surface area contributed by atoms with E-state index in [1.165, 1.54) is 4.90 Å². The summed E-state index contributed by atoms with van der Waals surface area (Å²) in [5.41, 5.74) is 8.53. The monoisotopic (exact) mass is 566 g/mol. The molecular formula is C29H38N6O6. The zero-order valence-corrected chi connectivity index (χ0v) is 23.3. The molecule has 2 aliphatic heterocycles. The summed E-state index contributed by atoms with van der Waals surface area (Å²) in [5.74, 6) is -2.03. The van der Waals surface area contributed by atoms with Gasteiger partial charge in [0, 0.05) is 63.0 Å². The molecule has 0 saturated carbocycles. The number of carbonyl (C=O) groups excluding carboxylic acids is 3. The Labute approximate surface area is 239 Å². The van der Waals surface area contributed by atoms with Gasteiger partial charge in [0.2, 0.25) is 5.91 Å². The summed E-state index contributed by atoms with van der Waals surface area (Å²) in [5, 5.41) is 12.0. The van der Waals surface area contributed by atoms with Crippen molar-refractivity contribution in [3.05, 3.63) is 48.2 Å². The summed E-state index contributed by atoms with van der Waals surface area (Å²) in [6.45, 7) is 4.55. The van der Waals surface area contributed by atoms with Gasteiger partial charge in [-0.2, -0.15) is 0 Å². The summed E-state index contributed by atoms with van der Waals surface area (Å²) in [7, 11) is 0. The first-order valence-electron chi connectivity index (χ1n) is 14.1. The third-order valence-corrected chi connectivity index (χ3v) is 7.38. The number of carbonyl (C=O) groups is 4. The maximum atomic E-state index is 13.6. The van der Waals surface area contributed by atoms with Crippen LogP contribution in [0.25, 0.3) is 11.3 Å². The van der Waals surface area contributed by atoms with Crippen molar-refractivity contribution in [2.75, 3.05) is 50.8 Å². The van der Waals surface area contributed by atoms with E-state index < -0.39 is 29.9 Å². The van der Waals surface area contributed by atoms with E-state index in [9.17, 15) is 24.3 Å². The second-order valence-corrected chi connectivity index (χ2v) is 10.3. The van der Waals surface area contributed by atoms with E-state index in [-0.39, 0.29) is 57.4 Å². The van der Waals surface area contributed by atoms with Gasteiger partial charge >= 0.3 is 12.1 Å². The van der Waals surface area contributed by atoms with E-state index >= 15 is 0 Å². The molecule has 1 atom stereocenters. The average molecular weight is 567 g/mol. The Balaban J connectivity index is 1.54. The van der Waals surface area contributed by atoms with Gasteiger partial charge in [-0.15, -0.1) is 0 Å². The number of pyridine rings is 1. The molecular weight excluding hydrogens is 528 g/mol. The van der Waals surface area contributed by atoms with E-state index in [1.54, 1.807) is 17.9 Å². The predicted molar refractivity (Wildman–Crippen MR) is 152 cm³/mol. The van der Waals surface area contributed by atoms with Gasteiger partial charge in [0.25, 0.3) is 5.91 Å². The van der Waals surface area contributed by atoms with Gasteiger partial charge in [-0.25, -0.2) is 9.78 Å². The molecule has 0 aliphatic carbocycles. The number of amides is 3. The number of nitrogens with one attached hydrogen (secondary N) is 1. The Morgan fingerprint density at radius 3 is 2.32 bits per heavy atom. The van der Waals surface area contributed by atoms with Crippen LogP contribution in [0.1, 0.15) is 43.1 Å². The highest BCUT2D eigenvalue weighted by atomic mass is 16.6. The summed E-state index contributed by atoms with van der Waals surface area (Å²) >= 11 is 0. The maximum Gasteiger partial charge on any atom is 0.409 e. The molecule has 0 bridgehead atoms. The van der Waals surface area contributed by atoms with Gasteiger partial charge in [-0.05, 0) is 38.3 Å². The molecule has 2 aromatic rings. The third-order valence-electron chi connectivity index (χ3n) is 7.38. The molecule has 0 unspecified atom stereocenters. The topological polar surface area (TPSA) is 158 Å². The Morgan fingerprint density at radius 1 is 1.02 bits per heavy atom. The normalized spacial score (nSPS) is 16.7. The number of aliphatic carboxylic acids is 1. The Bertz CT molecular complexity index is 1230. The minimum Gasteiger partial charge on any atom is -0.481 e. The fourth-order valence-electron chi connectivity index (χ4n) is 5.03. The number of hydrogen-bond donors (Lipinski definition) is 3. The lowest BCUT2D eigenvalue weighted by Gasteiger charge is -2.36. The number of anilines is 1. The molecule has 12 heteroatoms. The first-order chi connectivity index (χ1) is 19.7. The fraction of sp³-hybridized carbons (Fsp3) is 0.483. The SMILES string of the molecule is CCOC(=O)N1CCN(C(=O)[C@H](CCC(=O)O)NC(=O)c2cc(N3CCC(N)CC3)cc(-c3ccccc3)n2)CC1. The van der Waals surface area contributed by atoms with Crippen LogP contribution in [0.15, 0.2) is 42.5 Å². The Morgan fingerprint density at radius 2 is 1.68 bits per heavy atom. The van der Waals surface area contributed by atoms with Crippen molar-refractivity contribution in [2.24, 2.45) is 5.73 Å². The van der Waals surface area contributed by atoms with E-state index in [0.29, 0.717) is 5.69 Å². The molecule has 0 radical (unpaired) electrons. The van der Waals surface area contributed by atoms with E-state index in [0.717, 1.165) is 37.2 Å². The minimum absolute atomic E-state index is 0.0761. The van der Waals surface area contributed by atoms with Crippen LogP contribution in [0.3, 0.4) is 0 Å². The molecule has 220 valence electrons. The third kappa shape index (κ3) is 7.94. The van der Waals surface area contributed by atoms with Crippen molar-refractivity contribution < 1.29 is 29.0 Å². The van der Waals surface area contributed by atoms with E-state index in [2.05, 4.69) is 15.2 Å². The molecule has 2 fully saturated rings. The van der Waals surface area contributed by atoms with Crippen LogP contribution in [0.5, 0.6) is 0 Å². The smallest absolute Gasteiger partial charge is 0.409 e. The van der Waals surface area contributed by atoms with Gasteiger partial charge < -0.3 is 35.6 Å². The molecule has 4 rings (SSSR count). The van der Waals surface area contributed by atoms with Gasteiger partial charge in [0.15, 0.2) is 0 Å². The van der Waals surface area contributed by atoms with Crippen LogP contribution in [0, 0.1) is 0 Å². The molecule has 1 aromatic heterocycles. The van der Waals surface area contributed by atoms with Crippen LogP contribution in [-0.2, 0) is 14.3 Å². The number of piperazine rings is 1. The number of piperidine rings is 1. The number of carboxylic acid groups (broad SMARTS) is 1. The standard InChI is InChI=1S/C29H38N6O6/c1-2-41-29(40)35-16-14-34(15-17-35)28(39)23(8-9-26(36)37)32-27(38)25-19-22(33-12-10-21(30)11-13-33)18-24(31-25)20-6-4-3-5-7-20/h3-7,18-19,21,23H,2,8-17,30H2,1H3,(H,32,38)(H,36,37)/t23-/m0/s1. The van der Waals surface area contributed by atoms with Crippen molar-refractivity contribution in [3.8, 4) is 11.3 Å². The fourth-order valence-corrected chi connectivity index (χ4v) is 5.03. The predicted octanol–water partition coefficient (Wildman–Crippen LogP) is 1.94. The van der Waals surface area contributed by atoms with Crippen LogP contribution in [-0.4, -0.2) is 102 Å². The van der Waals surface area contributed by atoms with Crippen LogP contribution in [0.4, 0.5) is 10.5 Å². The number of rotatable bonds is 9. The minimum atomic E-state index is -1.07. The number of carboxylic acids is 1. The van der Waals surface area contributed by atoms with E-state index in [1.807, 2.05) is 36.4 Å². The second-order valence-electron chi connectivity index (χ2n) is 10.3. The highest BCUT2D eigenvalue weighted by molar-refractivity contribution is 5.97. The number of hydrogen-bond acceptors (Lipinski definition) is 8. The quantitative estimate of drug-likeness (QED) is 0.412. The highest BCUT2D eigenvalue weighted by Gasteiger charge is 2.31. The molecule has 3 heterocycles. The lowest BCUT2D eigenvalue weighted by atomic mass is 10.0. The lowest BCUT2D eigenvalue weighted by Crippen LogP contribution is -2.56. The average Bonchev–Trinajstić information content (AvgIpc) is 2.99. The zero-order valence-electron chi connectivity index (χ0n) is 23.3. The number of aromatic nitrogens is 1. The molecule has 41 heavy (non-hydrogen) atoms. The molecule has 2 saturated heterocycles.